The van der Waals surface area contributed by atoms with Crippen LogP contribution in [-0.4, -0.2) is 21.9 Å². The Morgan fingerprint density at radius 3 is 2.63 bits per heavy atom. The molecule has 160 valence electrons. The Hall–Kier alpha value is -2.36. The van der Waals surface area contributed by atoms with Gasteiger partial charge in [-0.15, -0.1) is 0 Å². The quantitative estimate of drug-likeness (QED) is 0.524. The second kappa shape index (κ2) is 10.1. The van der Waals surface area contributed by atoms with Gasteiger partial charge in [0.05, 0.1) is 11.7 Å². The summed E-state index contributed by atoms with van der Waals surface area (Å²) in [4.78, 5) is 0. The van der Waals surface area contributed by atoms with Crippen molar-refractivity contribution < 1.29 is 14.9 Å². The van der Waals surface area contributed by atoms with Crippen LogP contribution in [0.15, 0.2) is 71.8 Å². The maximum absolute atomic E-state index is 11.3. The number of allylic oxidation sites excluding steroid dienone is 2. The highest BCUT2D eigenvalue weighted by atomic mass is 16.5. The zero-order valence-corrected chi connectivity index (χ0v) is 18.4. The molecule has 2 N–H and O–H groups in total. The lowest BCUT2D eigenvalue weighted by Gasteiger charge is -2.35. The number of hydrogen-bond acceptors (Lipinski definition) is 3. The lowest BCUT2D eigenvalue weighted by Crippen LogP contribution is -2.32. The number of hydrogen-bond donors (Lipinski definition) is 2. The largest absolute Gasteiger partial charge is 0.489 e. The Kier molecular flexibility index (Phi) is 7.52. The van der Waals surface area contributed by atoms with E-state index in [2.05, 4.69) is 19.9 Å². The predicted octanol–water partition coefficient (Wildman–Crippen LogP) is 6.06. The summed E-state index contributed by atoms with van der Waals surface area (Å²) < 4.78 is 6.00. The van der Waals surface area contributed by atoms with Crippen molar-refractivity contribution >= 4 is 5.57 Å². The van der Waals surface area contributed by atoms with E-state index < -0.39 is 11.7 Å². The molecule has 30 heavy (non-hydrogen) atoms. The number of ether oxygens (including phenoxy) is 1. The molecule has 0 amide bonds. The van der Waals surface area contributed by atoms with Crippen molar-refractivity contribution in [1.29, 1.82) is 0 Å². The van der Waals surface area contributed by atoms with Crippen LogP contribution in [0.25, 0.3) is 5.57 Å². The molecule has 2 unspecified atom stereocenters. The standard InChI is InChI=1S/C27H34O3/c1-20(2)10-9-17-27(3,29)24-15-8-16-25(28)26(24)22-13-7-14-23(18-22)30-19-21-11-5-4-6-12-21/h4-7,10-14,18,25,28-29H,8-9,15-17,19H2,1-3H3. The molecular formula is C27H34O3. The van der Waals surface area contributed by atoms with Gasteiger partial charge in [0.2, 0.25) is 0 Å². The number of aliphatic hydroxyl groups is 2. The van der Waals surface area contributed by atoms with Gasteiger partial charge in [-0.2, -0.15) is 0 Å². The van der Waals surface area contributed by atoms with E-state index in [4.69, 9.17) is 4.74 Å². The molecule has 0 fully saturated rings. The molecule has 0 heterocycles. The number of benzene rings is 2. The molecule has 2 atom stereocenters. The highest BCUT2D eigenvalue weighted by Gasteiger charge is 2.33. The Balaban J connectivity index is 1.86. The van der Waals surface area contributed by atoms with Crippen LogP contribution in [0.1, 0.15) is 64.0 Å². The van der Waals surface area contributed by atoms with Crippen LogP contribution in [0.2, 0.25) is 0 Å². The lowest BCUT2D eigenvalue weighted by atomic mass is 9.76. The van der Waals surface area contributed by atoms with Crippen molar-refractivity contribution in [1.82, 2.24) is 0 Å². The zero-order chi connectivity index (χ0) is 21.6. The minimum atomic E-state index is -0.941. The van der Waals surface area contributed by atoms with Gasteiger partial charge in [0, 0.05) is 0 Å². The summed E-state index contributed by atoms with van der Waals surface area (Å²) >= 11 is 0. The fraction of sp³-hybridized carbons (Fsp3) is 0.407. The van der Waals surface area contributed by atoms with Gasteiger partial charge in [-0.3, -0.25) is 0 Å². The smallest absolute Gasteiger partial charge is 0.120 e. The van der Waals surface area contributed by atoms with E-state index in [0.29, 0.717) is 13.0 Å². The molecule has 0 spiro atoms. The molecule has 0 saturated carbocycles. The van der Waals surface area contributed by atoms with Crippen molar-refractivity contribution in [3.8, 4) is 5.75 Å². The van der Waals surface area contributed by atoms with Crippen LogP contribution in [0.3, 0.4) is 0 Å². The number of aliphatic hydroxyl groups excluding tert-OH is 1. The van der Waals surface area contributed by atoms with E-state index in [1.807, 2.05) is 61.5 Å². The molecule has 0 radical (unpaired) electrons. The second-order valence-corrected chi connectivity index (χ2v) is 8.70. The molecule has 3 heteroatoms. The molecule has 3 rings (SSSR count). The third-order valence-electron chi connectivity index (χ3n) is 5.79. The zero-order valence-electron chi connectivity index (χ0n) is 18.4. The Morgan fingerprint density at radius 1 is 1.13 bits per heavy atom. The van der Waals surface area contributed by atoms with Crippen molar-refractivity contribution in [2.45, 2.75) is 71.2 Å². The van der Waals surface area contributed by atoms with Gasteiger partial charge in [0.15, 0.2) is 0 Å². The summed E-state index contributed by atoms with van der Waals surface area (Å²) in [5.74, 6) is 0.769. The van der Waals surface area contributed by atoms with Crippen LogP contribution >= 0.6 is 0 Å². The molecule has 0 saturated heterocycles. The van der Waals surface area contributed by atoms with Crippen LogP contribution in [0.5, 0.6) is 5.75 Å². The van der Waals surface area contributed by atoms with Gasteiger partial charge >= 0.3 is 0 Å². The minimum absolute atomic E-state index is 0.499. The third kappa shape index (κ3) is 5.84. The molecule has 1 aliphatic rings. The first kappa shape index (κ1) is 22.3. The molecule has 0 bridgehead atoms. The third-order valence-corrected chi connectivity index (χ3v) is 5.79. The van der Waals surface area contributed by atoms with Gasteiger partial charge in [-0.05, 0) is 87.3 Å². The van der Waals surface area contributed by atoms with Gasteiger partial charge in [0.25, 0.3) is 0 Å². The fourth-order valence-electron chi connectivity index (χ4n) is 4.17. The van der Waals surface area contributed by atoms with E-state index in [0.717, 1.165) is 53.7 Å². The first-order chi connectivity index (χ1) is 14.4. The van der Waals surface area contributed by atoms with Crippen LogP contribution in [0.4, 0.5) is 0 Å². The van der Waals surface area contributed by atoms with Crippen LogP contribution < -0.4 is 4.74 Å². The average molecular weight is 407 g/mol. The van der Waals surface area contributed by atoms with E-state index in [9.17, 15) is 10.2 Å². The molecule has 2 aromatic carbocycles. The highest BCUT2D eigenvalue weighted by Crippen LogP contribution is 2.40. The van der Waals surface area contributed by atoms with Gasteiger partial charge in [-0.1, -0.05) is 54.1 Å². The summed E-state index contributed by atoms with van der Waals surface area (Å²) in [5, 5.41) is 22.1. The summed E-state index contributed by atoms with van der Waals surface area (Å²) in [7, 11) is 0. The summed E-state index contributed by atoms with van der Waals surface area (Å²) in [6.07, 6.45) is 5.49. The average Bonchev–Trinajstić information content (AvgIpc) is 2.72. The van der Waals surface area contributed by atoms with E-state index in [1.165, 1.54) is 5.57 Å². The minimum Gasteiger partial charge on any atom is -0.489 e. The maximum Gasteiger partial charge on any atom is 0.120 e. The summed E-state index contributed by atoms with van der Waals surface area (Å²) in [6.45, 7) is 6.53. The Bertz CT molecular complexity index is 889. The normalized spacial score (nSPS) is 18.6. The molecule has 2 aromatic rings. The summed E-state index contributed by atoms with van der Waals surface area (Å²) in [5.41, 5.74) is 4.20. The van der Waals surface area contributed by atoms with Crippen LogP contribution in [-0.2, 0) is 6.61 Å². The maximum atomic E-state index is 11.3. The van der Waals surface area contributed by atoms with Gasteiger partial charge < -0.3 is 14.9 Å². The highest BCUT2D eigenvalue weighted by molar-refractivity contribution is 5.74. The predicted molar refractivity (Wildman–Crippen MR) is 123 cm³/mol. The van der Waals surface area contributed by atoms with Gasteiger partial charge in [-0.25, -0.2) is 0 Å². The molecule has 0 aromatic heterocycles. The first-order valence-electron chi connectivity index (χ1n) is 10.9. The van der Waals surface area contributed by atoms with E-state index in [1.54, 1.807) is 0 Å². The van der Waals surface area contributed by atoms with Crippen molar-refractivity contribution in [2.75, 3.05) is 0 Å². The molecule has 3 nitrogen and oxygen atoms in total. The fourth-order valence-corrected chi connectivity index (χ4v) is 4.17. The van der Waals surface area contributed by atoms with E-state index in [-0.39, 0.29) is 0 Å². The molecule has 1 aliphatic carbocycles. The second-order valence-electron chi connectivity index (χ2n) is 8.70. The summed E-state index contributed by atoms with van der Waals surface area (Å²) in [6, 6.07) is 18.0. The monoisotopic (exact) mass is 406 g/mol. The molecule has 0 aliphatic heterocycles. The van der Waals surface area contributed by atoms with Crippen LogP contribution in [0, 0.1) is 0 Å². The topological polar surface area (TPSA) is 49.7 Å². The van der Waals surface area contributed by atoms with Crippen molar-refractivity contribution in [3.63, 3.8) is 0 Å². The molecular weight excluding hydrogens is 372 g/mol. The number of rotatable bonds is 8. The first-order valence-corrected chi connectivity index (χ1v) is 10.9. The van der Waals surface area contributed by atoms with Gasteiger partial charge in [0.1, 0.15) is 12.4 Å². The lowest BCUT2D eigenvalue weighted by molar-refractivity contribution is 0.0812. The Labute approximate surface area is 180 Å². The SMILES string of the molecule is CC(C)=CCCC(C)(O)C1=C(c2cccc(OCc3ccccc3)c2)C(O)CCC1. The Morgan fingerprint density at radius 2 is 1.90 bits per heavy atom. The van der Waals surface area contributed by atoms with Crippen molar-refractivity contribution in [2.24, 2.45) is 0 Å². The van der Waals surface area contributed by atoms with E-state index >= 15 is 0 Å². The van der Waals surface area contributed by atoms with Crippen molar-refractivity contribution in [3.05, 3.63) is 82.9 Å².